The van der Waals surface area contributed by atoms with Crippen molar-refractivity contribution in [2.75, 3.05) is 11.3 Å². The Balaban J connectivity index is 1.57. The van der Waals surface area contributed by atoms with E-state index in [2.05, 4.69) is 10.0 Å². The molecular weight excluding hydrogens is 379 g/mol. The van der Waals surface area contributed by atoms with E-state index in [1.54, 1.807) is 42.5 Å². The summed E-state index contributed by atoms with van der Waals surface area (Å²) in [5, 5.41) is 2.76. The lowest BCUT2D eigenvalue weighted by Crippen LogP contribution is -2.25. The number of halogens is 1. The third kappa shape index (κ3) is 5.17. The quantitative estimate of drug-likeness (QED) is 0.639. The molecule has 2 N–H and O–H groups in total. The van der Waals surface area contributed by atoms with Crippen molar-refractivity contribution in [2.24, 2.45) is 0 Å². The summed E-state index contributed by atoms with van der Waals surface area (Å²) < 4.78 is 40.2. The lowest BCUT2D eigenvalue weighted by atomic mass is 10.1. The van der Waals surface area contributed by atoms with E-state index in [1.165, 1.54) is 36.4 Å². The molecule has 0 saturated heterocycles. The summed E-state index contributed by atoms with van der Waals surface area (Å²) in [5.41, 5.74) is 1.56. The second kappa shape index (κ2) is 8.67. The number of carbonyl (C=O) groups is 1. The van der Waals surface area contributed by atoms with Crippen LogP contribution in [0.5, 0.6) is 0 Å². The number of hydrogen-bond acceptors (Lipinski definition) is 3. The van der Waals surface area contributed by atoms with E-state index >= 15 is 0 Å². The predicted octanol–water partition coefficient (Wildman–Crippen LogP) is 3.60. The van der Waals surface area contributed by atoms with E-state index < -0.39 is 10.0 Å². The van der Waals surface area contributed by atoms with Crippen LogP contribution < -0.4 is 10.0 Å². The maximum atomic E-state index is 13.1. The Morgan fingerprint density at radius 1 is 0.893 bits per heavy atom. The number of sulfonamides is 1. The molecule has 1 amide bonds. The molecule has 0 saturated carbocycles. The van der Waals surface area contributed by atoms with Gasteiger partial charge in [0.15, 0.2) is 0 Å². The highest BCUT2D eigenvalue weighted by atomic mass is 32.2. The van der Waals surface area contributed by atoms with Crippen molar-refractivity contribution in [3.8, 4) is 0 Å². The Hall–Kier alpha value is -3.19. The smallest absolute Gasteiger partial charge is 0.261 e. The lowest BCUT2D eigenvalue weighted by Gasteiger charge is -2.09. The van der Waals surface area contributed by atoms with Crippen LogP contribution in [0.25, 0.3) is 0 Å². The van der Waals surface area contributed by atoms with Crippen LogP contribution in [0.2, 0.25) is 0 Å². The zero-order valence-electron chi connectivity index (χ0n) is 14.9. The highest BCUT2D eigenvalue weighted by molar-refractivity contribution is 7.92. The molecule has 0 aliphatic rings. The van der Waals surface area contributed by atoms with Crippen LogP contribution in [0.3, 0.4) is 0 Å². The Kier molecular flexibility index (Phi) is 6.06. The van der Waals surface area contributed by atoms with Crippen LogP contribution in [-0.2, 0) is 16.4 Å². The highest BCUT2D eigenvalue weighted by Crippen LogP contribution is 2.16. The molecule has 7 heteroatoms. The largest absolute Gasteiger partial charge is 0.352 e. The molecule has 0 heterocycles. The average molecular weight is 398 g/mol. The SMILES string of the molecule is O=C(NCCc1cccc(F)c1)c1ccc(NS(=O)(=O)c2ccccc2)cc1. The third-order valence-electron chi connectivity index (χ3n) is 4.04. The lowest BCUT2D eigenvalue weighted by molar-refractivity contribution is 0.0954. The number of amides is 1. The van der Waals surface area contributed by atoms with Gasteiger partial charge in [-0.15, -0.1) is 0 Å². The minimum absolute atomic E-state index is 0.161. The monoisotopic (exact) mass is 398 g/mol. The molecule has 28 heavy (non-hydrogen) atoms. The first-order valence-electron chi connectivity index (χ1n) is 8.65. The Labute approximate surface area is 163 Å². The van der Waals surface area contributed by atoms with Crippen LogP contribution in [0.4, 0.5) is 10.1 Å². The predicted molar refractivity (Wildman–Crippen MR) is 106 cm³/mol. The summed E-state index contributed by atoms with van der Waals surface area (Å²) in [6, 6.07) is 20.4. The maximum absolute atomic E-state index is 13.1. The fraction of sp³-hybridized carbons (Fsp3) is 0.0952. The molecule has 0 bridgehead atoms. The molecule has 0 aromatic heterocycles. The molecule has 0 spiro atoms. The van der Waals surface area contributed by atoms with Gasteiger partial charge in [0.25, 0.3) is 15.9 Å². The van der Waals surface area contributed by atoms with Crippen molar-refractivity contribution in [3.05, 3.63) is 95.8 Å². The molecule has 5 nitrogen and oxygen atoms in total. The van der Waals surface area contributed by atoms with Crippen LogP contribution in [-0.4, -0.2) is 20.9 Å². The van der Waals surface area contributed by atoms with Crippen molar-refractivity contribution in [3.63, 3.8) is 0 Å². The van der Waals surface area contributed by atoms with Crippen LogP contribution in [0.15, 0.2) is 83.8 Å². The first-order valence-corrected chi connectivity index (χ1v) is 10.1. The molecule has 0 atom stereocenters. The van der Waals surface area contributed by atoms with Gasteiger partial charge in [-0.3, -0.25) is 9.52 Å². The summed E-state index contributed by atoms with van der Waals surface area (Å²) in [5.74, 6) is -0.591. The minimum Gasteiger partial charge on any atom is -0.352 e. The van der Waals surface area contributed by atoms with Gasteiger partial charge in [0.1, 0.15) is 5.82 Å². The number of hydrogen-bond donors (Lipinski definition) is 2. The highest BCUT2D eigenvalue weighted by Gasteiger charge is 2.13. The van der Waals surface area contributed by atoms with Gasteiger partial charge in [-0.05, 0) is 60.5 Å². The first-order chi connectivity index (χ1) is 13.4. The van der Waals surface area contributed by atoms with Gasteiger partial charge in [0, 0.05) is 17.8 Å². The van der Waals surface area contributed by atoms with Gasteiger partial charge in [-0.25, -0.2) is 12.8 Å². The van der Waals surface area contributed by atoms with Crippen LogP contribution >= 0.6 is 0 Å². The van der Waals surface area contributed by atoms with E-state index in [1.807, 2.05) is 0 Å². The van der Waals surface area contributed by atoms with Gasteiger partial charge < -0.3 is 5.32 Å². The molecule has 0 fully saturated rings. The Morgan fingerprint density at radius 2 is 1.61 bits per heavy atom. The van der Waals surface area contributed by atoms with Gasteiger partial charge in [0.2, 0.25) is 0 Å². The summed E-state index contributed by atoms with van der Waals surface area (Å²) in [4.78, 5) is 12.4. The van der Waals surface area contributed by atoms with Crippen LogP contribution in [0, 0.1) is 5.82 Å². The van der Waals surface area contributed by atoms with E-state index in [0.717, 1.165) is 5.56 Å². The fourth-order valence-electron chi connectivity index (χ4n) is 2.62. The second-order valence-corrected chi connectivity index (χ2v) is 7.81. The van der Waals surface area contributed by atoms with Crippen molar-refractivity contribution in [1.29, 1.82) is 0 Å². The summed E-state index contributed by atoms with van der Waals surface area (Å²) in [6.45, 7) is 0.366. The van der Waals surface area contributed by atoms with Crippen molar-refractivity contribution >= 4 is 21.6 Å². The van der Waals surface area contributed by atoms with Crippen molar-refractivity contribution < 1.29 is 17.6 Å². The number of anilines is 1. The second-order valence-electron chi connectivity index (χ2n) is 6.13. The molecular formula is C21H19FN2O3S. The van der Waals surface area contributed by atoms with E-state index in [4.69, 9.17) is 0 Å². The molecule has 3 rings (SSSR count). The zero-order chi connectivity index (χ0) is 20.0. The van der Waals surface area contributed by atoms with Gasteiger partial charge in [0.05, 0.1) is 4.90 Å². The molecule has 144 valence electrons. The molecule has 3 aromatic carbocycles. The number of rotatable bonds is 7. The standard InChI is InChI=1S/C21H19FN2O3S/c22-18-6-4-5-16(15-18)13-14-23-21(25)17-9-11-19(12-10-17)24-28(26,27)20-7-2-1-3-8-20/h1-12,15,24H,13-14H2,(H,23,25). The number of benzene rings is 3. The summed E-state index contributed by atoms with van der Waals surface area (Å²) in [6.07, 6.45) is 0.512. The average Bonchev–Trinajstić information content (AvgIpc) is 2.69. The third-order valence-corrected chi connectivity index (χ3v) is 5.44. The molecule has 0 unspecified atom stereocenters. The van der Waals surface area contributed by atoms with Crippen molar-refractivity contribution in [1.82, 2.24) is 5.32 Å². The molecule has 0 aliphatic carbocycles. The fourth-order valence-corrected chi connectivity index (χ4v) is 3.70. The van der Waals surface area contributed by atoms with Crippen molar-refractivity contribution in [2.45, 2.75) is 11.3 Å². The molecule has 0 radical (unpaired) electrons. The topological polar surface area (TPSA) is 75.3 Å². The van der Waals surface area contributed by atoms with Crippen LogP contribution in [0.1, 0.15) is 15.9 Å². The molecule has 3 aromatic rings. The van der Waals surface area contributed by atoms with E-state index in [9.17, 15) is 17.6 Å². The number of carbonyl (C=O) groups excluding carboxylic acids is 1. The summed E-state index contributed by atoms with van der Waals surface area (Å²) >= 11 is 0. The van der Waals surface area contributed by atoms with E-state index in [-0.39, 0.29) is 16.6 Å². The number of nitrogens with one attached hydrogen (secondary N) is 2. The minimum atomic E-state index is -3.68. The van der Waals surface area contributed by atoms with E-state index in [0.29, 0.717) is 24.2 Å². The zero-order valence-corrected chi connectivity index (χ0v) is 15.7. The van der Waals surface area contributed by atoms with Gasteiger partial charge >= 0.3 is 0 Å². The summed E-state index contributed by atoms with van der Waals surface area (Å²) in [7, 11) is -3.68. The molecule has 0 aliphatic heterocycles. The van der Waals surface area contributed by atoms with Gasteiger partial charge in [-0.1, -0.05) is 30.3 Å². The first kappa shape index (κ1) is 19.6. The van der Waals surface area contributed by atoms with Gasteiger partial charge in [-0.2, -0.15) is 0 Å². The normalized spacial score (nSPS) is 11.0. The Morgan fingerprint density at radius 3 is 2.29 bits per heavy atom. The maximum Gasteiger partial charge on any atom is 0.261 e. The Bertz CT molecular complexity index is 1050.